The van der Waals surface area contributed by atoms with Gasteiger partial charge in [-0.3, -0.25) is 13.9 Å². The molecular weight excluding hydrogens is 547 g/mol. The first-order chi connectivity index (χ1) is 18.4. The fourth-order valence-electron chi connectivity index (χ4n) is 4.69. The fraction of sp³-hybridized carbons (Fsp3) is 0.700. The third-order valence-electron chi connectivity index (χ3n) is 6.55. The topological polar surface area (TPSA) is 274 Å². The number of aromatic nitrogens is 4. The number of aliphatic hydroxyl groups excluding tert-OH is 4. The van der Waals surface area contributed by atoms with Gasteiger partial charge in [0.05, 0.1) is 32.3 Å². The second-order valence-electron chi connectivity index (χ2n) is 9.18. The SMILES string of the molecule is CC(=O)N[C@H]1[C@H](OCC[C@@H]2[C@H](O)[C@@H](COP(=O)(O)O)O[C@H]2n2cnc3c(N)ncnc32)O[C@H](CO)[C@H](O)[C@@H]1O. The molecule has 1 amide bonds. The Labute approximate surface area is 220 Å². The summed E-state index contributed by atoms with van der Waals surface area (Å²) in [7, 11) is -4.86. The summed E-state index contributed by atoms with van der Waals surface area (Å²) in [6.45, 7) is -0.181. The summed E-state index contributed by atoms with van der Waals surface area (Å²) in [4.78, 5) is 42.1. The molecule has 0 radical (unpaired) electrons. The van der Waals surface area contributed by atoms with Crippen molar-refractivity contribution in [3.8, 4) is 0 Å². The van der Waals surface area contributed by atoms with Crippen molar-refractivity contribution in [2.45, 2.75) is 62.4 Å². The van der Waals surface area contributed by atoms with Gasteiger partial charge in [-0.2, -0.15) is 0 Å². The van der Waals surface area contributed by atoms with E-state index in [0.29, 0.717) is 0 Å². The van der Waals surface area contributed by atoms with Crippen molar-refractivity contribution in [1.82, 2.24) is 24.8 Å². The number of phosphoric acid groups is 1. The molecule has 2 aromatic rings. The predicted octanol–water partition coefficient (Wildman–Crippen LogP) is -3.26. The number of anilines is 1. The lowest BCUT2D eigenvalue weighted by Crippen LogP contribution is -2.64. The van der Waals surface area contributed by atoms with Crippen molar-refractivity contribution in [3.05, 3.63) is 12.7 Å². The predicted molar refractivity (Wildman–Crippen MR) is 127 cm³/mol. The van der Waals surface area contributed by atoms with Crippen molar-refractivity contribution in [2.75, 3.05) is 25.6 Å². The van der Waals surface area contributed by atoms with Crippen LogP contribution in [0.15, 0.2) is 12.7 Å². The molecule has 218 valence electrons. The van der Waals surface area contributed by atoms with Crippen LogP contribution in [0.2, 0.25) is 0 Å². The summed E-state index contributed by atoms with van der Waals surface area (Å²) >= 11 is 0. The Kier molecular flexibility index (Phi) is 9.14. The Morgan fingerprint density at radius 1 is 1.15 bits per heavy atom. The average Bonchev–Trinajstić information content (AvgIpc) is 3.43. The molecule has 18 nitrogen and oxygen atoms in total. The smallest absolute Gasteiger partial charge is 0.394 e. The minimum absolute atomic E-state index is 0.0631. The number of nitrogens with one attached hydrogen (secondary N) is 1. The number of hydrogen-bond acceptors (Lipinski definition) is 14. The molecular formula is C20H31N6O12P. The van der Waals surface area contributed by atoms with E-state index in [4.69, 9.17) is 29.7 Å². The molecule has 2 fully saturated rings. The van der Waals surface area contributed by atoms with Gasteiger partial charge in [0.15, 0.2) is 17.8 Å². The standard InChI is InChI=1S/C20H31N6O12P/c1-8(28)25-12-16(31)15(30)10(4-27)38-20(12)35-3-2-9-14(29)11(5-36-39(32,33)34)37-19(9)26-7-24-13-17(21)22-6-23-18(13)26/h6-7,9-12,14-16,19-20,27,29-31H,2-5H2,1H3,(H,25,28)(H2,21,22,23)(H2,32,33,34)/t9-,10-,11-,12-,14+,15+,16-,19-,20-/m1/s1. The van der Waals surface area contributed by atoms with Crippen LogP contribution in [0.1, 0.15) is 19.6 Å². The Balaban J connectivity index is 1.53. The van der Waals surface area contributed by atoms with Gasteiger partial charge in [0.25, 0.3) is 0 Å². The van der Waals surface area contributed by atoms with E-state index in [9.17, 15) is 29.8 Å². The maximum Gasteiger partial charge on any atom is 0.469 e. The van der Waals surface area contributed by atoms with E-state index >= 15 is 0 Å². The van der Waals surface area contributed by atoms with Crippen LogP contribution in [0.4, 0.5) is 5.82 Å². The minimum Gasteiger partial charge on any atom is -0.394 e. The van der Waals surface area contributed by atoms with Crippen LogP contribution in [-0.4, -0.2) is 118 Å². The maximum atomic E-state index is 11.7. The molecule has 9 atom stereocenters. The maximum absolute atomic E-state index is 11.7. The molecule has 4 heterocycles. The Bertz CT molecular complexity index is 1200. The quantitative estimate of drug-likeness (QED) is 0.128. The zero-order valence-electron chi connectivity index (χ0n) is 20.6. The van der Waals surface area contributed by atoms with Crippen LogP contribution < -0.4 is 11.1 Å². The molecule has 2 aliphatic rings. The second-order valence-corrected chi connectivity index (χ2v) is 10.4. The summed E-state index contributed by atoms with van der Waals surface area (Å²) in [5, 5.41) is 43.6. The van der Waals surface area contributed by atoms with Gasteiger partial charge in [0.1, 0.15) is 48.5 Å². The van der Waals surface area contributed by atoms with Gasteiger partial charge in [-0.1, -0.05) is 0 Å². The lowest BCUT2D eigenvalue weighted by Gasteiger charge is -2.42. The molecule has 0 bridgehead atoms. The van der Waals surface area contributed by atoms with Crippen LogP contribution in [-0.2, 0) is 28.1 Å². The molecule has 0 aliphatic carbocycles. The molecule has 4 rings (SSSR count). The first-order valence-electron chi connectivity index (χ1n) is 11.9. The van der Waals surface area contributed by atoms with E-state index in [0.717, 1.165) is 0 Å². The molecule has 0 saturated carbocycles. The van der Waals surface area contributed by atoms with Gasteiger partial charge in [-0.05, 0) is 6.42 Å². The van der Waals surface area contributed by atoms with Gasteiger partial charge >= 0.3 is 7.82 Å². The molecule has 39 heavy (non-hydrogen) atoms. The third kappa shape index (κ3) is 6.53. The third-order valence-corrected chi connectivity index (χ3v) is 7.04. The monoisotopic (exact) mass is 578 g/mol. The first kappa shape index (κ1) is 29.6. The number of carbonyl (C=O) groups excluding carboxylic acids is 1. The number of fused-ring (bicyclic) bond motifs is 1. The lowest BCUT2D eigenvalue weighted by molar-refractivity contribution is -0.271. The molecule has 2 saturated heterocycles. The van der Waals surface area contributed by atoms with Gasteiger partial charge in [0, 0.05) is 12.8 Å². The van der Waals surface area contributed by atoms with E-state index < -0.39 is 81.9 Å². The number of nitrogens with zero attached hydrogens (tertiary/aromatic N) is 4. The zero-order chi connectivity index (χ0) is 28.5. The van der Waals surface area contributed by atoms with Gasteiger partial charge < -0.3 is 55.5 Å². The summed E-state index contributed by atoms with van der Waals surface area (Å²) in [6.07, 6.45) is -6.19. The van der Waals surface area contributed by atoms with Crippen molar-refractivity contribution >= 4 is 30.7 Å². The molecule has 19 heteroatoms. The number of rotatable bonds is 10. The number of amides is 1. The van der Waals surface area contributed by atoms with Gasteiger partial charge in [-0.25, -0.2) is 19.5 Å². The number of phosphoric ester groups is 1. The molecule has 0 aromatic carbocycles. The fourth-order valence-corrected chi connectivity index (χ4v) is 5.03. The molecule has 9 N–H and O–H groups in total. The van der Waals surface area contributed by atoms with Crippen LogP contribution in [0.25, 0.3) is 11.2 Å². The van der Waals surface area contributed by atoms with Crippen molar-refractivity contribution in [2.24, 2.45) is 5.92 Å². The zero-order valence-corrected chi connectivity index (χ0v) is 21.5. The number of ether oxygens (including phenoxy) is 3. The molecule has 0 spiro atoms. The van der Waals surface area contributed by atoms with Crippen molar-refractivity contribution in [1.29, 1.82) is 0 Å². The lowest BCUT2D eigenvalue weighted by atomic mass is 9.95. The van der Waals surface area contributed by atoms with Crippen molar-refractivity contribution in [3.63, 3.8) is 0 Å². The number of aliphatic hydroxyl groups is 4. The summed E-state index contributed by atoms with van der Waals surface area (Å²) in [5.41, 5.74) is 6.42. The Morgan fingerprint density at radius 2 is 1.90 bits per heavy atom. The van der Waals surface area contributed by atoms with E-state index in [1.807, 2.05) is 0 Å². The highest BCUT2D eigenvalue weighted by atomic mass is 31.2. The van der Waals surface area contributed by atoms with Crippen molar-refractivity contribution < 1.29 is 58.3 Å². The van der Waals surface area contributed by atoms with E-state index in [2.05, 4.69) is 24.8 Å². The van der Waals surface area contributed by atoms with Crippen LogP contribution in [0, 0.1) is 5.92 Å². The largest absolute Gasteiger partial charge is 0.469 e. The number of hydrogen-bond donors (Lipinski definition) is 8. The molecule has 0 unspecified atom stereocenters. The van der Waals surface area contributed by atoms with E-state index in [1.54, 1.807) is 0 Å². The first-order valence-corrected chi connectivity index (χ1v) is 13.4. The number of nitrogens with two attached hydrogens (primary N) is 1. The number of carbonyl (C=O) groups is 1. The number of nitrogen functional groups attached to an aromatic ring is 1. The van der Waals surface area contributed by atoms with Crippen LogP contribution in [0.3, 0.4) is 0 Å². The Morgan fingerprint density at radius 3 is 2.56 bits per heavy atom. The highest BCUT2D eigenvalue weighted by Gasteiger charge is 2.48. The highest BCUT2D eigenvalue weighted by Crippen LogP contribution is 2.42. The van der Waals surface area contributed by atoms with E-state index in [-0.39, 0.29) is 30.0 Å². The Hall–Kier alpha value is -2.35. The normalized spacial score (nSPS) is 33.5. The molecule has 2 aliphatic heterocycles. The minimum atomic E-state index is -4.86. The van der Waals surface area contributed by atoms with Crippen LogP contribution >= 0.6 is 7.82 Å². The summed E-state index contributed by atoms with van der Waals surface area (Å²) in [6, 6.07) is -1.16. The molecule has 2 aromatic heterocycles. The van der Waals surface area contributed by atoms with Crippen LogP contribution in [0.5, 0.6) is 0 Å². The summed E-state index contributed by atoms with van der Waals surface area (Å²) in [5.74, 6) is -1.18. The second kappa shape index (κ2) is 12.0. The summed E-state index contributed by atoms with van der Waals surface area (Å²) < 4.78 is 34.5. The number of imidazole rings is 1. The average molecular weight is 578 g/mol. The van der Waals surface area contributed by atoms with Gasteiger partial charge in [-0.15, -0.1) is 0 Å². The van der Waals surface area contributed by atoms with Gasteiger partial charge in [0.2, 0.25) is 5.91 Å². The highest BCUT2D eigenvalue weighted by molar-refractivity contribution is 7.46. The van der Waals surface area contributed by atoms with E-state index in [1.165, 1.54) is 24.1 Å².